The molecule has 2 rings (SSSR count). The van der Waals surface area contributed by atoms with Gasteiger partial charge in [0.1, 0.15) is 11.4 Å². The third-order valence-electron chi connectivity index (χ3n) is 3.51. The van der Waals surface area contributed by atoms with Crippen LogP contribution in [-0.4, -0.2) is 47.8 Å². The first-order valence-electron chi connectivity index (χ1n) is 7.29. The second-order valence-corrected chi connectivity index (χ2v) is 5.66. The quantitative estimate of drug-likeness (QED) is 0.441. The fraction of sp³-hybridized carbons (Fsp3) is 0.312. The number of phenolic OH excluding ortho intramolecular Hbond substituents is 1. The van der Waals surface area contributed by atoms with E-state index < -0.39 is 22.8 Å². The Hall–Kier alpha value is -2.87. The summed E-state index contributed by atoms with van der Waals surface area (Å²) in [5, 5.41) is 24.7. The van der Waals surface area contributed by atoms with Crippen LogP contribution in [-0.2, 0) is 0 Å². The zero-order valence-corrected chi connectivity index (χ0v) is 13.6. The largest absolute Gasteiger partial charge is 0.505 e. The first-order chi connectivity index (χ1) is 11.3. The fourth-order valence-electron chi connectivity index (χ4n) is 2.13. The van der Waals surface area contributed by atoms with Gasteiger partial charge in [0.25, 0.3) is 16.8 Å². The predicted octanol–water partition coefficient (Wildman–Crippen LogP) is 0.226. The van der Waals surface area contributed by atoms with E-state index in [9.17, 15) is 19.5 Å². The number of phenols is 1. The smallest absolute Gasteiger partial charge is 0.257 e. The number of rotatable bonds is 6. The lowest BCUT2D eigenvalue weighted by Crippen LogP contribution is -2.39. The van der Waals surface area contributed by atoms with E-state index in [4.69, 9.17) is 5.11 Å². The Morgan fingerprint density at radius 1 is 1.21 bits per heavy atom. The van der Waals surface area contributed by atoms with E-state index in [2.05, 4.69) is 10.6 Å². The van der Waals surface area contributed by atoms with Crippen LogP contribution in [0.1, 0.15) is 17.3 Å². The Kier molecular flexibility index (Phi) is 4.89. The summed E-state index contributed by atoms with van der Waals surface area (Å²) in [4.78, 5) is 36.7. The second kappa shape index (κ2) is 6.71. The van der Waals surface area contributed by atoms with E-state index in [1.165, 1.54) is 17.0 Å². The highest BCUT2D eigenvalue weighted by molar-refractivity contribution is 5.99. The van der Waals surface area contributed by atoms with Gasteiger partial charge in [-0.1, -0.05) is 6.07 Å². The van der Waals surface area contributed by atoms with Crippen molar-refractivity contribution in [1.82, 2.24) is 4.90 Å². The van der Waals surface area contributed by atoms with E-state index in [-0.39, 0.29) is 35.0 Å². The van der Waals surface area contributed by atoms with Crippen LogP contribution in [0.15, 0.2) is 27.8 Å². The number of hydrogen-bond acceptors (Lipinski definition) is 7. The van der Waals surface area contributed by atoms with Gasteiger partial charge in [-0.15, -0.1) is 0 Å². The summed E-state index contributed by atoms with van der Waals surface area (Å²) in [6, 6.07) is 4.08. The molecule has 8 nitrogen and oxygen atoms in total. The summed E-state index contributed by atoms with van der Waals surface area (Å²) in [5.74, 6) is -0.709. The summed E-state index contributed by atoms with van der Waals surface area (Å²) >= 11 is 0. The molecule has 0 aromatic heterocycles. The molecular weight excluding hydrogens is 314 g/mol. The highest BCUT2D eigenvalue weighted by Crippen LogP contribution is 2.32. The minimum absolute atomic E-state index is 0.00921. The summed E-state index contributed by atoms with van der Waals surface area (Å²) in [6.45, 7) is 1.44. The second-order valence-electron chi connectivity index (χ2n) is 5.66. The molecule has 2 aromatic rings. The number of aliphatic hydroxyl groups excluding tert-OH is 1. The Morgan fingerprint density at radius 3 is 2.42 bits per heavy atom. The average molecular weight is 333 g/mol. The number of carbonyl (C=O) groups excluding carboxylic acids is 1. The van der Waals surface area contributed by atoms with E-state index in [1.54, 1.807) is 27.1 Å². The van der Waals surface area contributed by atoms with Crippen LogP contribution in [0.3, 0.4) is 0 Å². The zero-order valence-electron chi connectivity index (χ0n) is 13.6. The van der Waals surface area contributed by atoms with Crippen molar-refractivity contribution in [2.75, 3.05) is 31.3 Å². The molecular formula is C16H19N3O5. The molecule has 0 aliphatic carbocycles. The number of carbonyl (C=O) groups is 1. The van der Waals surface area contributed by atoms with Gasteiger partial charge in [-0.3, -0.25) is 14.4 Å². The standard InChI is InChI=1S/C16H19N3O5/c1-8(7-20)17-11-12(15(23)14(11)22)18-10-6-4-5-9(13(10)21)16(24)19(2)3/h4-6,8,17-18,20-21H,7H2,1-3H3/t8-/m1/s1. The predicted molar refractivity (Wildman–Crippen MR) is 90.9 cm³/mol. The van der Waals surface area contributed by atoms with Crippen LogP contribution < -0.4 is 21.5 Å². The topological polar surface area (TPSA) is 119 Å². The van der Waals surface area contributed by atoms with Crippen molar-refractivity contribution in [1.29, 1.82) is 0 Å². The molecule has 24 heavy (non-hydrogen) atoms. The molecule has 0 unspecified atom stereocenters. The minimum Gasteiger partial charge on any atom is -0.505 e. The van der Waals surface area contributed by atoms with Gasteiger partial charge in [0.2, 0.25) is 0 Å². The van der Waals surface area contributed by atoms with Crippen molar-refractivity contribution in [3.63, 3.8) is 0 Å². The first-order valence-corrected chi connectivity index (χ1v) is 7.29. The lowest BCUT2D eigenvalue weighted by atomic mass is 10.1. The van der Waals surface area contributed by atoms with Crippen molar-refractivity contribution in [2.24, 2.45) is 0 Å². The summed E-state index contributed by atoms with van der Waals surface area (Å²) < 4.78 is 0. The van der Waals surface area contributed by atoms with Crippen LogP contribution in [0.4, 0.5) is 17.1 Å². The van der Waals surface area contributed by atoms with E-state index in [0.717, 1.165) is 0 Å². The number of aromatic hydroxyl groups is 1. The fourth-order valence-corrected chi connectivity index (χ4v) is 2.13. The number of anilines is 3. The van der Waals surface area contributed by atoms with Gasteiger partial charge in [0, 0.05) is 20.1 Å². The molecule has 2 aromatic carbocycles. The molecule has 0 saturated carbocycles. The van der Waals surface area contributed by atoms with Gasteiger partial charge < -0.3 is 25.7 Å². The molecule has 0 aliphatic heterocycles. The maximum atomic E-state index is 12.0. The number of para-hydroxylation sites is 1. The van der Waals surface area contributed by atoms with Gasteiger partial charge >= 0.3 is 0 Å². The highest BCUT2D eigenvalue weighted by Gasteiger charge is 2.24. The molecule has 0 heterocycles. The molecule has 0 fully saturated rings. The molecule has 0 radical (unpaired) electrons. The number of aliphatic hydroxyl groups is 1. The van der Waals surface area contributed by atoms with Crippen molar-refractivity contribution in [3.8, 4) is 5.75 Å². The maximum absolute atomic E-state index is 12.0. The van der Waals surface area contributed by atoms with Crippen molar-refractivity contribution < 1.29 is 15.0 Å². The molecule has 1 amide bonds. The molecule has 0 spiro atoms. The third-order valence-corrected chi connectivity index (χ3v) is 3.51. The number of nitrogens with zero attached hydrogens (tertiary/aromatic N) is 1. The Labute approximate surface area is 138 Å². The molecule has 0 aliphatic rings. The molecule has 128 valence electrons. The highest BCUT2D eigenvalue weighted by atomic mass is 16.3. The van der Waals surface area contributed by atoms with Crippen molar-refractivity contribution >= 4 is 23.0 Å². The number of amides is 1. The molecule has 0 saturated heterocycles. The van der Waals surface area contributed by atoms with Crippen LogP contribution in [0, 0.1) is 0 Å². The molecule has 1 atom stereocenters. The Morgan fingerprint density at radius 2 is 1.83 bits per heavy atom. The lowest BCUT2D eigenvalue weighted by molar-refractivity contribution is 0.0824. The van der Waals surface area contributed by atoms with E-state index >= 15 is 0 Å². The van der Waals surface area contributed by atoms with Gasteiger partial charge in [0.15, 0.2) is 5.75 Å². The van der Waals surface area contributed by atoms with Gasteiger partial charge in [-0.2, -0.15) is 0 Å². The van der Waals surface area contributed by atoms with E-state index in [1.807, 2.05) is 0 Å². The number of hydrogen-bond donors (Lipinski definition) is 4. The Balaban J connectivity index is 2.35. The molecule has 4 N–H and O–H groups in total. The normalized spacial score (nSPS) is 12.0. The van der Waals surface area contributed by atoms with Crippen LogP contribution >= 0.6 is 0 Å². The van der Waals surface area contributed by atoms with Crippen molar-refractivity contribution in [3.05, 3.63) is 44.2 Å². The monoisotopic (exact) mass is 333 g/mol. The molecule has 8 heteroatoms. The van der Waals surface area contributed by atoms with Gasteiger partial charge in [-0.25, -0.2) is 0 Å². The van der Waals surface area contributed by atoms with Crippen LogP contribution in [0.25, 0.3) is 0 Å². The Bertz CT molecular complexity index is 837. The average Bonchev–Trinajstić information content (AvgIpc) is 2.57. The first kappa shape index (κ1) is 17.5. The summed E-state index contributed by atoms with van der Waals surface area (Å²) in [5.41, 5.74) is -1.18. The van der Waals surface area contributed by atoms with Crippen LogP contribution in [0.2, 0.25) is 0 Å². The lowest BCUT2D eigenvalue weighted by Gasteiger charge is -2.19. The molecule has 0 bridgehead atoms. The third kappa shape index (κ3) is 3.09. The number of nitrogens with one attached hydrogen (secondary N) is 2. The summed E-state index contributed by atoms with van der Waals surface area (Å²) in [7, 11) is 3.10. The minimum atomic E-state index is -0.730. The van der Waals surface area contributed by atoms with E-state index in [0.29, 0.717) is 0 Å². The van der Waals surface area contributed by atoms with Gasteiger partial charge in [0.05, 0.1) is 17.9 Å². The van der Waals surface area contributed by atoms with Crippen LogP contribution in [0.5, 0.6) is 5.75 Å². The van der Waals surface area contributed by atoms with Crippen molar-refractivity contribution in [2.45, 2.75) is 13.0 Å². The zero-order chi connectivity index (χ0) is 18.0. The maximum Gasteiger partial charge on any atom is 0.257 e. The SMILES string of the molecule is C[C@H](CO)Nc1c(Nc2cccc(C(=O)N(C)C)c2O)c(=O)c1=O. The van der Waals surface area contributed by atoms with Gasteiger partial charge in [-0.05, 0) is 19.1 Å². The summed E-state index contributed by atoms with van der Waals surface area (Å²) in [6.07, 6.45) is 0. The number of benzene rings is 1.